The Morgan fingerprint density at radius 2 is 2.07 bits per heavy atom. The zero-order valence-corrected chi connectivity index (χ0v) is 16.6. The summed E-state index contributed by atoms with van der Waals surface area (Å²) in [7, 11) is 1.84. The molecular formula is C20H20N8O2. The third kappa shape index (κ3) is 3.20. The van der Waals surface area contributed by atoms with Crippen molar-refractivity contribution < 1.29 is 4.74 Å². The van der Waals surface area contributed by atoms with Gasteiger partial charge in [0.05, 0.1) is 36.5 Å². The number of fused-ring (bicyclic) bond motifs is 1. The lowest BCUT2D eigenvalue weighted by Crippen LogP contribution is -2.37. The normalized spacial score (nSPS) is 18.7. The zero-order valence-electron chi connectivity index (χ0n) is 16.6. The molecule has 10 nitrogen and oxygen atoms in total. The van der Waals surface area contributed by atoms with Crippen molar-refractivity contribution in [3.63, 3.8) is 0 Å². The minimum Gasteiger partial charge on any atom is -0.377 e. The summed E-state index contributed by atoms with van der Waals surface area (Å²) in [5.41, 5.74) is 2.09. The highest BCUT2D eigenvalue weighted by Gasteiger charge is 2.32. The van der Waals surface area contributed by atoms with Gasteiger partial charge < -0.3 is 10.1 Å². The minimum absolute atomic E-state index is 0.183. The van der Waals surface area contributed by atoms with Gasteiger partial charge in [0.15, 0.2) is 5.65 Å². The van der Waals surface area contributed by atoms with E-state index in [1.54, 1.807) is 29.3 Å². The van der Waals surface area contributed by atoms with Crippen LogP contribution in [0.4, 0.5) is 5.82 Å². The summed E-state index contributed by atoms with van der Waals surface area (Å²) in [4.78, 5) is 25.8. The lowest BCUT2D eigenvalue weighted by Gasteiger charge is -2.21. The Bertz CT molecular complexity index is 1270. The average molecular weight is 404 g/mol. The lowest BCUT2D eigenvalue weighted by molar-refractivity contribution is 0.183. The van der Waals surface area contributed by atoms with E-state index in [1.165, 1.54) is 10.7 Å². The summed E-state index contributed by atoms with van der Waals surface area (Å²) in [6, 6.07) is 6.52. The minimum atomic E-state index is -0.281. The van der Waals surface area contributed by atoms with Gasteiger partial charge in [-0.15, -0.1) is 0 Å². The SMILES string of the molecule is Cc1nc(NC2COCC2n2nc(-c3cccnc3)ccc2=O)c2cnn(C)c2n1. The first-order valence-electron chi connectivity index (χ1n) is 9.61. The van der Waals surface area contributed by atoms with Gasteiger partial charge in [-0.1, -0.05) is 0 Å². The predicted molar refractivity (Wildman–Crippen MR) is 110 cm³/mol. The summed E-state index contributed by atoms with van der Waals surface area (Å²) in [5.74, 6) is 1.31. The first kappa shape index (κ1) is 18.4. The maximum absolute atomic E-state index is 12.6. The van der Waals surface area contributed by atoms with Crippen LogP contribution in [0.15, 0.2) is 47.7 Å². The van der Waals surface area contributed by atoms with Crippen LogP contribution in [-0.4, -0.2) is 53.8 Å². The topological polar surface area (TPSA) is 113 Å². The average Bonchev–Trinajstić information content (AvgIpc) is 3.36. The Morgan fingerprint density at radius 3 is 2.90 bits per heavy atom. The van der Waals surface area contributed by atoms with Crippen LogP contribution < -0.4 is 10.9 Å². The summed E-state index contributed by atoms with van der Waals surface area (Å²) >= 11 is 0. The van der Waals surface area contributed by atoms with Gasteiger partial charge in [0.2, 0.25) is 0 Å². The Morgan fingerprint density at radius 1 is 1.17 bits per heavy atom. The van der Waals surface area contributed by atoms with Crippen molar-refractivity contribution in [2.24, 2.45) is 7.05 Å². The number of aromatic nitrogens is 7. The highest BCUT2D eigenvalue weighted by atomic mass is 16.5. The maximum atomic E-state index is 12.6. The number of nitrogens with zero attached hydrogens (tertiary/aromatic N) is 7. The van der Waals surface area contributed by atoms with E-state index in [-0.39, 0.29) is 17.6 Å². The van der Waals surface area contributed by atoms with Crippen LogP contribution >= 0.6 is 0 Å². The molecule has 0 spiro atoms. The van der Waals surface area contributed by atoms with E-state index in [1.807, 2.05) is 26.1 Å². The van der Waals surface area contributed by atoms with Crippen molar-refractivity contribution in [2.45, 2.75) is 19.0 Å². The molecule has 0 amide bonds. The molecule has 2 atom stereocenters. The maximum Gasteiger partial charge on any atom is 0.267 e. The van der Waals surface area contributed by atoms with Crippen LogP contribution in [0.3, 0.4) is 0 Å². The largest absolute Gasteiger partial charge is 0.377 e. The fourth-order valence-corrected chi connectivity index (χ4v) is 3.67. The lowest BCUT2D eigenvalue weighted by atomic mass is 10.1. The second kappa shape index (κ2) is 7.30. The van der Waals surface area contributed by atoms with Crippen molar-refractivity contribution in [1.29, 1.82) is 0 Å². The highest BCUT2D eigenvalue weighted by molar-refractivity contribution is 5.86. The number of anilines is 1. The number of nitrogens with one attached hydrogen (secondary N) is 1. The van der Waals surface area contributed by atoms with E-state index in [2.05, 4.69) is 30.5 Å². The number of rotatable bonds is 4. The predicted octanol–water partition coefficient (Wildman–Crippen LogP) is 1.34. The Kier molecular flexibility index (Phi) is 4.47. The molecule has 1 aliphatic heterocycles. The molecule has 4 aromatic heterocycles. The third-order valence-electron chi connectivity index (χ3n) is 5.17. The van der Waals surface area contributed by atoms with Crippen LogP contribution in [0, 0.1) is 6.92 Å². The molecule has 0 bridgehead atoms. The van der Waals surface area contributed by atoms with E-state index >= 15 is 0 Å². The van der Waals surface area contributed by atoms with Gasteiger partial charge in [0.1, 0.15) is 17.7 Å². The van der Waals surface area contributed by atoms with Crippen molar-refractivity contribution in [1.82, 2.24) is 34.5 Å². The van der Waals surface area contributed by atoms with E-state index in [4.69, 9.17) is 4.74 Å². The molecule has 0 radical (unpaired) electrons. The zero-order chi connectivity index (χ0) is 20.7. The Balaban J connectivity index is 1.50. The summed E-state index contributed by atoms with van der Waals surface area (Å²) in [6.45, 7) is 2.64. The second-order valence-corrected chi connectivity index (χ2v) is 7.22. The van der Waals surface area contributed by atoms with Gasteiger partial charge in [0.25, 0.3) is 5.56 Å². The van der Waals surface area contributed by atoms with Crippen LogP contribution in [0.1, 0.15) is 11.9 Å². The first-order chi connectivity index (χ1) is 14.6. The monoisotopic (exact) mass is 404 g/mol. The van der Waals surface area contributed by atoms with Crippen molar-refractivity contribution in [2.75, 3.05) is 18.5 Å². The number of aryl methyl sites for hydroxylation is 2. The van der Waals surface area contributed by atoms with Crippen LogP contribution in [0.5, 0.6) is 0 Å². The fourth-order valence-electron chi connectivity index (χ4n) is 3.67. The molecule has 5 heterocycles. The second-order valence-electron chi connectivity index (χ2n) is 7.22. The number of hydrogen-bond donors (Lipinski definition) is 1. The van der Waals surface area contributed by atoms with Crippen molar-refractivity contribution >= 4 is 16.9 Å². The molecule has 5 rings (SSSR count). The Hall–Kier alpha value is -3.66. The van der Waals surface area contributed by atoms with E-state index in [9.17, 15) is 4.79 Å². The van der Waals surface area contributed by atoms with Crippen LogP contribution in [-0.2, 0) is 11.8 Å². The van der Waals surface area contributed by atoms with E-state index in [0.717, 1.165) is 16.6 Å². The van der Waals surface area contributed by atoms with Crippen molar-refractivity contribution in [3.05, 3.63) is 59.0 Å². The van der Waals surface area contributed by atoms with E-state index < -0.39 is 0 Å². The molecule has 0 saturated carbocycles. The summed E-state index contributed by atoms with van der Waals surface area (Å²) < 4.78 is 8.90. The standard InChI is InChI=1S/C20H20N8O2/c1-12-23-19(14-9-22-27(2)20(14)24-12)25-16-10-30-11-17(16)28-18(29)6-5-15(26-28)13-4-3-7-21-8-13/h3-9,16-17H,10-11H2,1-2H3,(H,23,24,25). The van der Waals surface area contributed by atoms with Crippen LogP contribution in [0.25, 0.3) is 22.3 Å². The quantitative estimate of drug-likeness (QED) is 0.542. The molecule has 1 saturated heterocycles. The molecular weight excluding hydrogens is 384 g/mol. The number of ether oxygens (including phenoxy) is 1. The molecule has 0 aliphatic carbocycles. The highest BCUT2D eigenvalue weighted by Crippen LogP contribution is 2.26. The molecule has 2 unspecified atom stereocenters. The molecule has 0 aromatic carbocycles. The summed E-state index contributed by atoms with van der Waals surface area (Å²) in [5, 5.41) is 13.1. The fraction of sp³-hybridized carbons (Fsp3) is 0.300. The first-order valence-corrected chi connectivity index (χ1v) is 9.61. The van der Waals surface area contributed by atoms with Gasteiger partial charge in [-0.2, -0.15) is 10.2 Å². The van der Waals surface area contributed by atoms with Gasteiger partial charge in [0, 0.05) is 31.1 Å². The van der Waals surface area contributed by atoms with Gasteiger partial charge >= 0.3 is 0 Å². The van der Waals surface area contributed by atoms with Crippen molar-refractivity contribution in [3.8, 4) is 11.3 Å². The van der Waals surface area contributed by atoms with Crippen LogP contribution in [0.2, 0.25) is 0 Å². The molecule has 152 valence electrons. The summed E-state index contributed by atoms with van der Waals surface area (Å²) in [6.07, 6.45) is 5.16. The number of pyridine rings is 1. The number of hydrogen-bond acceptors (Lipinski definition) is 8. The third-order valence-corrected chi connectivity index (χ3v) is 5.17. The molecule has 1 fully saturated rings. The van der Waals surface area contributed by atoms with Gasteiger partial charge in [-0.3, -0.25) is 14.5 Å². The molecule has 1 aliphatic rings. The van der Waals surface area contributed by atoms with Gasteiger partial charge in [-0.05, 0) is 25.1 Å². The molecule has 10 heteroatoms. The Labute approximate surface area is 171 Å². The molecule has 30 heavy (non-hydrogen) atoms. The smallest absolute Gasteiger partial charge is 0.267 e. The van der Waals surface area contributed by atoms with E-state index in [0.29, 0.717) is 30.5 Å². The molecule has 1 N–H and O–H groups in total. The molecule has 4 aromatic rings. The van der Waals surface area contributed by atoms with Gasteiger partial charge in [-0.25, -0.2) is 14.6 Å².